The second-order valence-electron chi connectivity index (χ2n) is 5.06. The van der Waals surface area contributed by atoms with Crippen LogP contribution in [0.5, 0.6) is 0 Å². The highest BCUT2D eigenvalue weighted by atomic mass is 16.6. The number of aryl methyl sites for hydroxylation is 1. The van der Waals surface area contributed by atoms with Crippen molar-refractivity contribution in [1.82, 2.24) is 4.57 Å². The van der Waals surface area contributed by atoms with E-state index < -0.39 is 28.2 Å². The Morgan fingerprint density at radius 3 is 2.52 bits per heavy atom. The standard InChI is InChI=1S/C16H16N2O5/c1-11-8-9-14(18(21)22)15(19)17(11)12(2)16(20)23-10-13-6-4-3-5-7-13/h3-9,12H,10H2,1-2H3. The van der Waals surface area contributed by atoms with Gasteiger partial charge in [0.1, 0.15) is 12.6 Å². The summed E-state index contributed by atoms with van der Waals surface area (Å²) in [5.41, 5.74) is -0.126. The lowest BCUT2D eigenvalue weighted by Crippen LogP contribution is -2.31. The zero-order valence-corrected chi connectivity index (χ0v) is 12.8. The molecule has 2 rings (SSSR count). The van der Waals surface area contributed by atoms with E-state index in [1.807, 2.05) is 30.3 Å². The molecular weight excluding hydrogens is 300 g/mol. The number of esters is 1. The molecule has 0 aliphatic heterocycles. The summed E-state index contributed by atoms with van der Waals surface area (Å²) in [7, 11) is 0. The van der Waals surface area contributed by atoms with E-state index in [1.165, 1.54) is 13.0 Å². The van der Waals surface area contributed by atoms with Crippen LogP contribution in [0, 0.1) is 17.0 Å². The quantitative estimate of drug-likeness (QED) is 0.480. The van der Waals surface area contributed by atoms with Gasteiger partial charge in [0.15, 0.2) is 0 Å². The number of benzene rings is 1. The van der Waals surface area contributed by atoms with Gasteiger partial charge in [-0.15, -0.1) is 0 Å². The molecule has 7 nitrogen and oxygen atoms in total. The van der Waals surface area contributed by atoms with Gasteiger partial charge in [-0.3, -0.25) is 19.5 Å². The largest absolute Gasteiger partial charge is 0.459 e. The molecule has 0 N–H and O–H groups in total. The van der Waals surface area contributed by atoms with Crippen LogP contribution in [0.4, 0.5) is 5.69 Å². The predicted molar refractivity (Wildman–Crippen MR) is 83.0 cm³/mol. The molecule has 1 unspecified atom stereocenters. The Kier molecular flexibility index (Phi) is 4.90. The van der Waals surface area contributed by atoms with Gasteiger partial charge in [-0.2, -0.15) is 0 Å². The number of hydrogen-bond acceptors (Lipinski definition) is 5. The number of ether oxygens (including phenoxy) is 1. The van der Waals surface area contributed by atoms with Crippen LogP contribution in [0.1, 0.15) is 24.2 Å². The Morgan fingerprint density at radius 2 is 1.91 bits per heavy atom. The molecule has 0 aliphatic carbocycles. The Morgan fingerprint density at radius 1 is 1.26 bits per heavy atom. The summed E-state index contributed by atoms with van der Waals surface area (Å²) in [6.45, 7) is 3.16. The van der Waals surface area contributed by atoms with Crippen LogP contribution < -0.4 is 5.56 Å². The average Bonchev–Trinajstić information content (AvgIpc) is 2.53. The van der Waals surface area contributed by atoms with Crippen molar-refractivity contribution in [2.75, 3.05) is 0 Å². The molecular formula is C16H16N2O5. The molecule has 1 atom stereocenters. The first kappa shape index (κ1) is 16.4. The van der Waals surface area contributed by atoms with Crippen molar-refractivity contribution >= 4 is 11.7 Å². The smallest absolute Gasteiger partial charge is 0.334 e. The average molecular weight is 316 g/mol. The van der Waals surface area contributed by atoms with Gasteiger partial charge in [0.05, 0.1) is 4.92 Å². The third-order valence-electron chi connectivity index (χ3n) is 3.45. The Labute approximate surface area is 132 Å². The lowest BCUT2D eigenvalue weighted by molar-refractivity contribution is -0.386. The SMILES string of the molecule is Cc1ccc([N+](=O)[O-])c(=O)n1C(C)C(=O)OCc1ccccc1. The minimum absolute atomic E-state index is 0.0761. The summed E-state index contributed by atoms with van der Waals surface area (Å²) in [6.07, 6.45) is 0. The van der Waals surface area contributed by atoms with Crippen molar-refractivity contribution in [2.24, 2.45) is 0 Å². The molecule has 0 saturated heterocycles. The van der Waals surface area contributed by atoms with Crippen LogP contribution in [0.15, 0.2) is 47.3 Å². The predicted octanol–water partition coefficient (Wildman–Crippen LogP) is 2.37. The molecule has 0 bridgehead atoms. The minimum Gasteiger partial charge on any atom is -0.459 e. The summed E-state index contributed by atoms with van der Waals surface area (Å²) in [5.74, 6) is -0.625. The summed E-state index contributed by atoms with van der Waals surface area (Å²) in [6, 6.07) is 10.7. The minimum atomic E-state index is -0.953. The molecule has 1 aromatic carbocycles. The van der Waals surface area contributed by atoms with E-state index in [-0.39, 0.29) is 6.61 Å². The first-order chi connectivity index (χ1) is 10.9. The van der Waals surface area contributed by atoms with Crippen molar-refractivity contribution < 1.29 is 14.5 Å². The highest BCUT2D eigenvalue weighted by Crippen LogP contribution is 2.14. The lowest BCUT2D eigenvalue weighted by atomic mass is 10.2. The fourth-order valence-electron chi connectivity index (χ4n) is 2.21. The number of carbonyl (C=O) groups excluding carboxylic acids is 1. The van der Waals surface area contributed by atoms with Gasteiger partial charge >= 0.3 is 17.2 Å². The van der Waals surface area contributed by atoms with Crippen molar-refractivity contribution in [3.63, 3.8) is 0 Å². The van der Waals surface area contributed by atoms with Crippen LogP contribution >= 0.6 is 0 Å². The van der Waals surface area contributed by atoms with Gasteiger partial charge in [-0.1, -0.05) is 30.3 Å². The van der Waals surface area contributed by atoms with Crippen molar-refractivity contribution in [3.05, 3.63) is 74.2 Å². The third kappa shape index (κ3) is 3.63. The van der Waals surface area contributed by atoms with Gasteiger partial charge < -0.3 is 4.74 Å². The lowest BCUT2D eigenvalue weighted by Gasteiger charge is -2.16. The highest BCUT2D eigenvalue weighted by molar-refractivity contribution is 5.74. The summed E-state index contributed by atoms with van der Waals surface area (Å²) < 4.78 is 6.26. The van der Waals surface area contributed by atoms with Crippen LogP contribution in [0.3, 0.4) is 0 Å². The van der Waals surface area contributed by atoms with E-state index in [9.17, 15) is 19.7 Å². The van der Waals surface area contributed by atoms with E-state index in [0.29, 0.717) is 5.69 Å². The molecule has 1 heterocycles. The second-order valence-corrected chi connectivity index (χ2v) is 5.06. The first-order valence-electron chi connectivity index (χ1n) is 6.99. The number of nitrogens with zero attached hydrogens (tertiary/aromatic N) is 2. The van der Waals surface area contributed by atoms with E-state index in [2.05, 4.69) is 0 Å². The van der Waals surface area contributed by atoms with Crippen LogP contribution in [-0.4, -0.2) is 15.5 Å². The van der Waals surface area contributed by atoms with Crippen LogP contribution in [0.25, 0.3) is 0 Å². The summed E-state index contributed by atoms with van der Waals surface area (Å²) in [4.78, 5) is 34.4. The number of carbonyl (C=O) groups is 1. The fourth-order valence-corrected chi connectivity index (χ4v) is 2.21. The van der Waals surface area contributed by atoms with Crippen molar-refractivity contribution in [2.45, 2.75) is 26.5 Å². The highest BCUT2D eigenvalue weighted by Gasteiger charge is 2.24. The molecule has 1 aromatic heterocycles. The normalized spacial score (nSPS) is 11.7. The van der Waals surface area contributed by atoms with E-state index in [1.54, 1.807) is 6.92 Å². The monoisotopic (exact) mass is 316 g/mol. The van der Waals surface area contributed by atoms with Crippen molar-refractivity contribution in [3.8, 4) is 0 Å². The molecule has 0 fully saturated rings. The van der Waals surface area contributed by atoms with Crippen LogP contribution in [-0.2, 0) is 16.1 Å². The molecule has 0 saturated carbocycles. The first-order valence-corrected chi connectivity index (χ1v) is 6.99. The number of aromatic nitrogens is 1. The van der Waals surface area contributed by atoms with Gasteiger partial charge in [0.2, 0.25) is 0 Å². The number of pyridine rings is 1. The number of hydrogen-bond donors (Lipinski definition) is 0. The summed E-state index contributed by atoms with van der Waals surface area (Å²) in [5, 5.41) is 10.9. The number of rotatable bonds is 5. The molecule has 2 aromatic rings. The zero-order valence-electron chi connectivity index (χ0n) is 12.8. The zero-order chi connectivity index (χ0) is 17.0. The van der Waals surface area contributed by atoms with E-state index in [0.717, 1.165) is 16.2 Å². The molecule has 120 valence electrons. The van der Waals surface area contributed by atoms with E-state index in [4.69, 9.17) is 4.74 Å². The fraction of sp³-hybridized carbons (Fsp3) is 0.250. The molecule has 23 heavy (non-hydrogen) atoms. The molecule has 0 aliphatic rings. The third-order valence-corrected chi connectivity index (χ3v) is 3.45. The second kappa shape index (κ2) is 6.87. The molecule has 7 heteroatoms. The Balaban J connectivity index is 2.21. The van der Waals surface area contributed by atoms with Gasteiger partial charge in [-0.25, -0.2) is 4.79 Å². The van der Waals surface area contributed by atoms with Crippen LogP contribution in [0.2, 0.25) is 0 Å². The maximum atomic E-state index is 12.2. The van der Waals surface area contributed by atoms with Gasteiger partial charge in [0, 0.05) is 11.8 Å². The topological polar surface area (TPSA) is 91.4 Å². The van der Waals surface area contributed by atoms with Gasteiger partial charge in [-0.05, 0) is 25.5 Å². The Hall–Kier alpha value is -2.96. The Bertz CT molecular complexity index is 783. The van der Waals surface area contributed by atoms with E-state index >= 15 is 0 Å². The summed E-state index contributed by atoms with van der Waals surface area (Å²) >= 11 is 0. The number of nitro groups is 1. The van der Waals surface area contributed by atoms with Gasteiger partial charge in [0.25, 0.3) is 0 Å². The molecule has 0 spiro atoms. The molecule has 0 radical (unpaired) electrons. The van der Waals surface area contributed by atoms with Crippen molar-refractivity contribution in [1.29, 1.82) is 0 Å². The molecule has 0 amide bonds. The maximum absolute atomic E-state index is 12.2. The maximum Gasteiger partial charge on any atom is 0.334 e.